The Balaban J connectivity index is 2.09. The summed E-state index contributed by atoms with van der Waals surface area (Å²) in [5.41, 5.74) is 1.01. The second-order valence-corrected chi connectivity index (χ2v) is 5.50. The maximum atomic E-state index is 9.35. The van der Waals surface area contributed by atoms with E-state index in [0.29, 0.717) is 18.2 Å². The fraction of sp³-hybridized carbons (Fsp3) is 0.600. The van der Waals surface area contributed by atoms with E-state index in [1.165, 1.54) is 0 Å². The number of benzene rings is 1. The minimum Gasteiger partial charge on any atom is -0.490 e. The average molecular weight is 281 g/mol. The van der Waals surface area contributed by atoms with E-state index in [1.54, 1.807) is 6.92 Å². The van der Waals surface area contributed by atoms with Gasteiger partial charge in [-0.05, 0) is 25.5 Å². The number of rotatable bonds is 7. The van der Waals surface area contributed by atoms with Crippen LogP contribution in [0.15, 0.2) is 12.1 Å². The molecule has 0 spiro atoms. The monoisotopic (exact) mass is 281 g/mol. The number of ether oxygens (including phenoxy) is 3. The maximum Gasteiger partial charge on any atom is 0.231 e. The van der Waals surface area contributed by atoms with Crippen molar-refractivity contribution >= 4 is 0 Å². The first-order valence-electron chi connectivity index (χ1n) is 7.00. The Labute approximate surface area is 119 Å². The van der Waals surface area contributed by atoms with Gasteiger partial charge < -0.3 is 24.6 Å². The van der Waals surface area contributed by atoms with Gasteiger partial charge in [0.05, 0.1) is 6.10 Å². The largest absolute Gasteiger partial charge is 0.490 e. The molecule has 1 aliphatic heterocycles. The summed E-state index contributed by atoms with van der Waals surface area (Å²) >= 11 is 0. The van der Waals surface area contributed by atoms with E-state index in [2.05, 4.69) is 19.2 Å². The third-order valence-corrected chi connectivity index (χ3v) is 2.90. The van der Waals surface area contributed by atoms with Crippen molar-refractivity contribution in [2.45, 2.75) is 33.4 Å². The maximum absolute atomic E-state index is 9.35. The van der Waals surface area contributed by atoms with Crippen LogP contribution in [0.4, 0.5) is 0 Å². The highest BCUT2D eigenvalue weighted by atomic mass is 16.7. The van der Waals surface area contributed by atoms with E-state index in [-0.39, 0.29) is 13.4 Å². The number of aliphatic hydroxyl groups is 1. The standard InChI is InChI=1S/C15H23NO4/c1-10(2)6-16-7-12-4-14-15(20-9-19-14)5-13(12)18-8-11(3)17/h4-5,10-11,16-17H,6-9H2,1-3H3. The van der Waals surface area contributed by atoms with E-state index in [0.717, 1.165) is 23.6 Å². The molecule has 1 aromatic carbocycles. The Bertz CT molecular complexity index is 446. The molecule has 2 N–H and O–H groups in total. The van der Waals surface area contributed by atoms with Crippen molar-refractivity contribution in [2.75, 3.05) is 19.9 Å². The molecule has 1 aromatic rings. The third-order valence-electron chi connectivity index (χ3n) is 2.90. The minimum atomic E-state index is -0.503. The minimum absolute atomic E-state index is 0.244. The SMILES string of the molecule is CC(C)CNCc1cc2c(cc1OCC(C)O)OCO2. The van der Waals surface area contributed by atoms with Crippen LogP contribution in [-0.2, 0) is 6.54 Å². The topological polar surface area (TPSA) is 60.0 Å². The van der Waals surface area contributed by atoms with Crippen LogP contribution in [0.25, 0.3) is 0 Å². The van der Waals surface area contributed by atoms with E-state index < -0.39 is 6.10 Å². The number of fused-ring (bicyclic) bond motifs is 1. The van der Waals surface area contributed by atoms with Crippen LogP contribution in [0.3, 0.4) is 0 Å². The van der Waals surface area contributed by atoms with Gasteiger partial charge in [-0.3, -0.25) is 0 Å². The highest BCUT2D eigenvalue weighted by Gasteiger charge is 2.18. The van der Waals surface area contributed by atoms with Crippen molar-refractivity contribution in [3.05, 3.63) is 17.7 Å². The van der Waals surface area contributed by atoms with Crippen molar-refractivity contribution in [1.29, 1.82) is 0 Å². The zero-order valence-corrected chi connectivity index (χ0v) is 12.3. The lowest BCUT2D eigenvalue weighted by Crippen LogP contribution is -2.20. The van der Waals surface area contributed by atoms with Crippen molar-refractivity contribution in [1.82, 2.24) is 5.32 Å². The normalized spacial score (nSPS) is 14.7. The first kappa shape index (κ1) is 14.9. The van der Waals surface area contributed by atoms with Crippen LogP contribution in [-0.4, -0.2) is 31.2 Å². The van der Waals surface area contributed by atoms with Crippen molar-refractivity contribution < 1.29 is 19.3 Å². The first-order valence-corrected chi connectivity index (χ1v) is 7.00. The van der Waals surface area contributed by atoms with Crippen LogP contribution in [0.5, 0.6) is 17.2 Å². The van der Waals surface area contributed by atoms with Gasteiger partial charge in [0.1, 0.15) is 12.4 Å². The molecule has 0 aromatic heterocycles. The van der Waals surface area contributed by atoms with Crippen LogP contribution >= 0.6 is 0 Å². The molecule has 0 amide bonds. The Morgan fingerprint density at radius 3 is 2.60 bits per heavy atom. The summed E-state index contributed by atoms with van der Waals surface area (Å²) in [6.07, 6.45) is -0.503. The molecule has 112 valence electrons. The zero-order chi connectivity index (χ0) is 14.5. The van der Waals surface area contributed by atoms with Gasteiger partial charge >= 0.3 is 0 Å². The van der Waals surface area contributed by atoms with Crippen LogP contribution in [0.2, 0.25) is 0 Å². The van der Waals surface area contributed by atoms with Crippen LogP contribution < -0.4 is 19.5 Å². The van der Waals surface area contributed by atoms with Gasteiger partial charge in [-0.15, -0.1) is 0 Å². The van der Waals surface area contributed by atoms with E-state index in [1.807, 2.05) is 12.1 Å². The van der Waals surface area contributed by atoms with Crippen molar-refractivity contribution in [3.8, 4) is 17.2 Å². The summed E-state index contributed by atoms with van der Waals surface area (Å²) in [4.78, 5) is 0. The molecule has 20 heavy (non-hydrogen) atoms. The third kappa shape index (κ3) is 4.02. The van der Waals surface area contributed by atoms with Gasteiger partial charge in [-0.25, -0.2) is 0 Å². The number of hydrogen-bond donors (Lipinski definition) is 2. The zero-order valence-electron chi connectivity index (χ0n) is 12.3. The molecule has 5 nitrogen and oxygen atoms in total. The van der Waals surface area contributed by atoms with Crippen LogP contribution in [0, 0.1) is 5.92 Å². The Kier molecular flexibility index (Phi) is 5.09. The average Bonchev–Trinajstić information content (AvgIpc) is 2.82. The van der Waals surface area contributed by atoms with E-state index in [4.69, 9.17) is 14.2 Å². The molecule has 0 aliphatic carbocycles. The van der Waals surface area contributed by atoms with Gasteiger partial charge in [-0.2, -0.15) is 0 Å². The lowest BCUT2D eigenvalue weighted by atomic mass is 10.1. The van der Waals surface area contributed by atoms with Crippen molar-refractivity contribution in [3.63, 3.8) is 0 Å². The predicted octanol–water partition coefficient (Wildman–Crippen LogP) is 1.92. The molecule has 0 fully saturated rings. The molecular formula is C15H23NO4. The smallest absolute Gasteiger partial charge is 0.231 e. The summed E-state index contributed by atoms with van der Waals surface area (Å²) in [7, 11) is 0. The fourth-order valence-electron chi connectivity index (χ4n) is 1.94. The summed E-state index contributed by atoms with van der Waals surface area (Å²) in [5.74, 6) is 2.76. The van der Waals surface area contributed by atoms with E-state index >= 15 is 0 Å². The quantitative estimate of drug-likeness (QED) is 0.799. The lowest BCUT2D eigenvalue weighted by molar-refractivity contribution is 0.122. The molecule has 2 rings (SSSR count). The summed E-state index contributed by atoms with van der Waals surface area (Å²) in [5, 5.41) is 12.7. The van der Waals surface area contributed by atoms with Gasteiger partial charge in [-0.1, -0.05) is 13.8 Å². The Hall–Kier alpha value is -1.46. The predicted molar refractivity (Wildman–Crippen MR) is 76.3 cm³/mol. The molecule has 0 radical (unpaired) electrons. The van der Waals surface area contributed by atoms with Gasteiger partial charge in [0, 0.05) is 18.2 Å². The highest BCUT2D eigenvalue weighted by Crippen LogP contribution is 2.38. The summed E-state index contributed by atoms with van der Waals surface area (Å²) in [6, 6.07) is 3.77. The molecule has 0 saturated carbocycles. The van der Waals surface area contributed by atoms with Gasteiger partial charge in [0.2, 0.25) is 6.79 Å². The summed E-state index contributed by atoms with van der Waals surface area (Å²) in [6.45, 7) is 8.16. The van der Waals surface area contributed by atoms with Gasteiger partial charge in [0.15, 0.2) is 11.5 Å². The second-order valence-electron chi connectivity index (χ2n) is 5.50. The fourth-order valence-corrected chi connectivity index (χ4v) is 1.94. The first-order chi connectivity index (χ1) is 9.56. The molecular weight excluding hydrogens is 258 g/mol. The van der Waals surface area contributed by atoms with Gasteiger partial charge in [0.25, 0.3) is 0 Å². The highest BCUT2D eigenvalue weighted by molar-refractivity contribution is 5.51. The molecule has 5 heteroatoms. The molecule has 1 unspecified atom stereocenters. The number of aliphatic hydroxyl groups excluding tert-OH is 1. The molecule has 0 saturated heterocycles. The Morgan fingerprint density at radius 1 is 1.25 bits per heavy atom. The lowest BCUT2D eigenvalue weighted by Gasteiger charge is -2.15. The van der Waals surface area contributed by atoms with Crippen molar-refractivity contribution in [2.24, 2.45) is 5.92 Å². The van der Waals surface area contributed by atoms with Crippen LogP contribution in [0.1, 0.15) is 26.3 Å². The second kappa shape index (κ2) is 6.81. The number of hydrogen-bond acceptors (Lipinski definition) is 5. The number of nitrogens with one attached hydrogen (secondary N) is 1. The Morgan fingerprint density at radius 2 is 1.95 bits per heavy atom. The molecule has 1 atom stereocenters. The molecule has 1 heterocycles. The summed E-state index contributed by atoms with van der Waals surface area (Å²) < 4.78 is 16.4. The molecule has 0 bridgehead atoms. The van der Waals surface area contributed by atoms with E-state index in [9.17, 15) is 5.11 Å². The molecule has 1 aliphatic rings.